The summed E-state index contributed by atoms with van der Waals surface area (Å²) in [7, 11) is 0. The number of rotatable bonds is 12. The second-order valence-electron chi connectivity index (χ2n) is 11.4. The minimum atomic E-state index is -0.825. The summed E-state index contributed by atoms with van der Waals surface area (Å²) in [6.45, 7) is 2.62. The molecule has 2 aliphatic heterocycles. The number of hydrogen-bond donors (Lipinski definition) is 0. The van der Waals surface area contributed by atoms with Crippen molar-refractivity contribution in [3.05, 3.63) is 137 Å². The maximum absolute atomic E-state index is 13.6. The summed E-state index contributed by atoms with van der Waals surface area (Å²) in [4.78, 5) is 27.5. The van der Waals surface area contributed by atoms with Crippen LogP contribution < -0.4 is 9.47 Å². The minimum Gasteiger partial charge on any atom is -0.489 e. The number of imide groups is 1. The average molecular weight is 622 g/mol. The molecule has 2 amide bonds. The Morgan fingerprint density at radius 1 is 0.913 bits per heavy atom. The van der Waals surface area contributed by atoms with Crippen molar-refractivity contribution in [2.45, 2.75) is 51.0 Å². The van der Waals surface area contributed by atoms with Gasteiger partial charge in [0.2, 0.25) is 0 Å². The highest BCUT2D eigenvalue weighted by atomic mass is 19.1. The van der Waals surface area contributed by atoms with Gasteiger partial charge < -0.3 is 18.9 Å². The van der Waals surface area contributed by atoms with Crippen molar-refractivity contribution in [1.29, 1.82) is 0 Å². The lowest BCUT2D eigenvalue weighted by Gasteiger charge is -2.26. The Balaban J connectivity index is 1.06. The molecular weight excluding hydrogens is 585 g/mol. The number of hydrogen-bond acceptors (Lipinski definition) is 6. The van der Waals surface area contributed by atoms with E-state index in [0.717, 1.165) is 33.6 Å². The standard InChI is InChI=1S/C38H36FNO6/c1-2-43-36(37(41)40-32(25-45-38(40)42)21-26-7-4-3-5-8-26)23-28-13-18-35-30(19-28)14-17-34(46-35)22-27-11-15-33(16-12-27)44-24-29-9-6-10-31(39)20-29/h3-20,32,34,36H,2,21-25H2,1H3. The van der Waals surface area contributed by atoms with E-state index in [2.05, 4.69) is 0 Å². The summed E-state index contributed by atoms with van der Waals surface area (Å²) in [5, 5.41) is 0. The Hall–Kier alpha value is -4.95. The van der Waals surface area contributed by atoms with Gasteiger partial charge >= 0.3 is 6.09 Å². The van der Waals surface area contributed by atoms with E-state index in [9.17, 15) is 14.0 Å². The summed E-state index contributed by atoms with van der Waals surface area (Å²) >= 11 is 0. The molecule has 0 bridgehead atoms. The van der Waals surface area contributed by atoms with E-state index in [-0.39, 0.29) is 30.5 Å². The van der Waals surface area contributed by atoms with Gasteiger partial charge in [-0.1, -0.05) is 66.7 Å². The van der Waals surface area contributed by atoms with Gasteiger partial charge in [-0.25, -0.2) is 14.1 Å². The molecule has 3 unspecified atom stereocenters. The number of carbonyl (C=O) groups is 2. The zero-order valence-electron chi connectivity index (χ0n) is 25.6. The number of cyclic esters (lactones) is 1. The normalized spacial score (nSPS) is 17.6. The molecule has 236 valence electrons. The maximum atomic E-state index is 13.6. The lowest BCUT2D eigenvalue weighted by atomic mass is 9.99. The van der Waals surface area contributed by atoms with Crippen molar-refractivity contribution in [2.75, 3.05) is 13.2 Å². The fourth-order valence-electron chi connectivity index (χ4n) is 5.79. The van der Waals surface area contributed by atoms with Gasteiger partial charge in [0.1, 0.15) is 42.7 Å². The Morgan fingerprint density at radius 3 is 2.46 bits per heavy atom. The Morgan fingerprint density at radius 2 is 1.67 bits per heavy atom. The monoisotopic (exact) mass is 621 g/mol. The third-order valence-corrected chi connectivity index (χ3v) is 8.07. The number of fused-ring (bicyclic) bond motifs is 1. The highest BCUT2D eigenvalue weighted by Crippen LogP contribution is 2.30. The molecule has 46 heavy (non-hydrogen) atoms. The molecule has 6 rings (SSSR count). The van der Waals surface area contributed by atoms with Crippen LogP contribution in [0.2, 0.25) is 0 Å². The van der Waals surface area contributed by atoms with Gasteiger partial charge in [-0.15, -0.1) is 0 Å². The molecule has 7 nitrogen and oxygen atoms in total. The fourth-order valence-corrected chi connectivity index (χ4v) is 5.79. The highest BCUT2D eigenvalue weighted by molar-refractivity contribution is 5.96. The maximum Gasteiger partial charge on any atom is 0.417 e. The third-order valence-electron chi connectivity index (χ3n) is 8.07. The van der Waals surface area contributed by atoms with Gasteiger partial charge in [-0.2, -0.15) is 0 Å². The first-order chi connectivity index (χ1) is 22.4. The zero-order valence-corrected chi connectivity index (χ0v) is 25.6. The molecule has 0 saturated carbocycles. The predicted molar refractivity (Wildman–Crippen MR) is 172 cm³/mol. The first kappa shape index (κ1) is 31.0. The first-order valence-electron chi connectivity index (χ1n) is 15.5. The van der Waals surface area contributed by atoms with Crippen molar-refractivity contribution in [1.82, 2.24) is 4.90 Å². The van der Waals surface area contributed by atoms with E-state index >= 15 is 0 Å². The smallest absolute Gasteiger partial charge is 0.417 e. The Bertz CT molecular complexity index is 1690. The van der Waals surface area contributed by atoms with Crippen molar-refractivity contribution >= 4 is 18.1 Å². The number of nitrogens with zero attached hydrogens (tertiary/aromatic N) is 1. The second kappa shape index (κ2) is 14.4. The molecule has 4 aromatic carbocycles. The summed E-state index contributed by atoms with van der Waals surface area (Å²) < 4.78 is 36.7. The minimum absolute atomic E-state index is 0.141. The van der Waals surface area contributed by atoms with E-state index in [1.54, 1.807) is 6.07 Å². The van der Waals surface area contributed by atoms with E-state index < -0.39 is 12.2 Å². The van der Waals surface area contributed by atoms with Gasteiger partial charge in [-0.3, -0.25) is 4.79 Å². The first-order valence-corrected chi connectivity index (χ1v) is 15.5. The van der Waals surface area contributed by atoms with Crippen LogP contribution in [0, 0.1) is 5.82 Å². The largest absolute Gasteiger partial charge is 0.489 e. The lowest BCUT2D eigenvalue weighted by molar-refractivity contribution is -0.141. The molecule has 4 aromatic rings. The second-order valence-corrected chi connectivity index (χ2v) is 11.4. The van der Waals surface area contributed by atoms with Gasteiger partial charge in [0, 0.05) is 25.0 Å². The number of ether oxygens (including phenoxy) is 4. The van der Waals surface area contributed by atoms with Crippen LogP contribution in [-0.4, -0.2) is 48.4 Å². The molecule has 2 aliphatic rings. The molecule has 2 heterocycles. The van der Waals surface area contributed by atoms with Crippen molar-refractivity contribution in [2.24, 2.45) is 0 Å². The number of carbonyl (C=O) groups excluding carboxylic acids is 2. The molecule has 8 heteroatoms. The quantitative estimate of drug-likeness (QED) is 0.170. The molecule has 0 aliphatic carbocycles. The lowest BCUT2D eigenvalue weighted by Crippen LogP contribution is -2.47. The SMILES string of the molecule is CCOC(Cc1ccc2c(c1)C=CC(Cc1ccc(OCc3cccc(F)c3)cc1)O2)C(=O)N1C(=O)OCC1Cc1ccccc1. The molecule has 1 fully saturated rings. The van der Waals surface area contributed by atoms with Crippen LogP contribution in [0.15, 0.2) is 103 Å². The van der Waals surface area contributed by atoms with Crippen molar-refractivity contribution in [3.63, 3.8) is 0 Å². The summed E-state index contributed by atoms with van der Waals surface area (Å²) in [5.74, 6) is 0.804. The molecule has 0 radical (unpaired) electrons. The fraction of sp³-hybridized carbons (Fsp3) is 0.263. The summed E-state index contributed by atoms with van der Waals surface area (Å²) in [5.41, 5.74) is 4.71. The van der Waals surface area contributed by atoms with Crippen LogP contribution in [0.4, 0.5) is 9.18 Å². The average Bonchev–Trinajstić information content (AvgIpc) is 3.43. The van der Waals surface area contributed by atoms with Gasteiger partial charge in [-0.05, 0) is 78.1 Å². The van der Waals surface area contributed by atoms with Crippen LogP contribution >= 0.6 is 0 Å². The zero-order chi connectivity index (χ0) is 31.9. The van der Waals surface area contributed by atoms with E-state index in [4.69, 9.17) is 18.9 Å². The topological polar surface area (TPSA) is 74.3 Å². The Kier molecular flexibility index (Phi) is 9.74. The van der Waals surface area contributed by atoms with E-state index in [1.165, 1.54) is 17.0 Å². The molecule has 0 spiro atoms. The molecule has 0 N–H and O–H groups in total. The molecule has 3 atom stereocenters. The molecular formula is C38H36FNO6. The van der Waals surface area contributed by atoms with Crippen molar-refractivity contribution < 1.29 is 32.9 Å². The van der Waals surface area contributed by atoms with E-state index in [0.29, 0.717) is 38.2 Å². The van der Waals surface area contributed by atoms with Gasteiger partial charge in [0.15, 0.2) is 0 Å². The third kappa shape index (κ3) is 7.64. The number of amides is 2. The summed E-state index contributed by atoms with van der Waals surface area (Å²) in [6.07, 6.45) is 3.98. The summed E-state index contributed by atoms with van der Waals surface area (Å²) in [6, 6.07) is 29.4. The molecule has 0 aromatic heterocycles. The van der Waals surface area contributed by atoms with Crippen LogP contribution in [0.1, 0.15) is 34.7 Å². The Labute approximate surface area is 268 Å². The van der Waals surface area contributed by atoms with Gasteiger partial charge in [0.25, 0.3) is 5.91 Å². The molecule has 1 saturated heterocycles. The van der Waals surface area contributed by atoms with Crippen LogP contribution in [0.25, 0.3) is 6.08 Å². The van der Waals surface area contributed by atoms with Crippen molar-refractivity contribution in [3.8, 4) is 11.5 Å². The van der Waals surface area contributed by atoms with Crippen LogP contribution in [-0.2, 0) is 40.1 Å². The van der Waals surface area contributed by atoms with Crippen LogP contribution in [0.3, 0.4) is 0 Å². The van der Waals surface area contributed by atoms with Crippen LogP contribution in [0.5, 0.6) is 11.5 Å². The highest BCUT2D eigenvalue weighted by Gasteiger charge is 2.41. The number of halogens is 1. The number of benzene rings is 4. The predicted octanol–water partition coefficient (Wildman–Crippen LogP) is 6.96. The van der Waals surface area contributed by atoms with E-state index in [1.807, 2.05) is 97.9 Å². The van der Waals surface area contributed by atoms with Gasteiger partial charge in [0.05, 0.1) is 6.04 Å².